The minimum absolute atomic E-state index is 0.0126. The molecule has 0 saturated heterocycles. The van der Waals surface area contributed by atoms with Crippen LogP contribution in [0.4, 0.5) is 5.69 Å². The van der Waals surface area contributed by atoms with Crippen LogP contribution < -0.4 is 15.4 Å². The molecule has 2 N–H and O–H groups in total. The number of carbonyl (C=O) groups is 1. The Kier molecular flexibility index (Phi) is 7.88. The number of para-hydroxylation sites is 1. The van der Waals surface area contributed by atoms with Gasteiger partial charge in [-0.3, -0.25) is 0 Å². The average Bonchev–Trinajstić information content (AvgIpc) is 2.62. The lowest BCUT2D eigenvalue weighted by Gasteiger charge is -2.18. The van der Waals surface area contributed by atoms with Crippen molar-refractivity contribution in [3.8, 4) is 5.75 Å². The number of halogens is 1. The number of esters is 1. The molecule has 0 spiro atoms. The van der Waals surface area contributed by atoms with Gasteiger partial charge in [0.15, 0.2) is 5.11 Å². The van der Waals surface area contributed by atoms with Gasteiger partial charge >= 0.3 is 5.97 Å². The van der Waals surface area contributed by atoms with E-state index >= 15 is 0 Å². The fourth-order valence-electron chi connectivity index (χ4n) is 2.33. The first-order valence-corrected chi connectivity index (χ1v) is 9.42. The molecule has 0 aliphatic carbocycles. The number of hydrogen-bond donors (Lipinski definition) is 2. The molecule has 1 atom stereocenters. The molecule has 2 aromatic carbocycles. The number of benzene rings is 2. The van der Waals surface area contributed by atoms with Gasteiger partial charge < -0.3 is 20.1 Å². The second-order valence-corrected chi connectivity index (χ2v) is 6.81. The first-order chi connectivity index (χ1) is 12.9. The van der Waals surface area contributed by atoms with Crippen LogP contribution in [0.2, 0.25) is 5.02 Å². The third-order valence-corrected chi connectivity index (χ3v) is 4.23. The first-order valence-electron chi connectivity index (χ1n) is 8.63. The fourth-order valence-corrected chi connectivity index (χ4v) is 2.85. The Hall–Kier alpha value is -2.31. The molecule has 2 rings (SSSR count). The molecular weight excluding hydrogens is 384 g/mol. The highest BCUT2D eigenvalue weighted by atomic mass is 35.5. The lowest BCUT2D eigenvalue weighted by Crippen LogP contribution is -2.39. The van der Waals surface area contributed by atoms with E-state index in [0.29, 0.717) is 28.0 Å². The third-order valence-electron chi connectivity index (χ3n) is 3.68. The van der Waals surface area contributed by atoms with Gasteiger partial charge in [-0.05, 0) is 62.8 Å². The minimum Gasteiger partial charge on any atom is -0.491 e. The smallest absolute Gasteiger partial charge is 0.339 e. The zero-order valence-corrected chi connectivity index (χ0v) is 17.1. The number of anilines is 1. The van der Waals surface area contributed by atoms with E-state index in [-0.39, 0.29) is 12.6 Å². The molecule has 5 nitrogen and oxygen atoms in total. The summed E-state index contributed by atoms with van der Waals surface area (Å²) in [5.74, 6) is 0.381. The van der Waals surface area contributed by atoms with Crippen LogP contribution in [0.1, 0.15) is 29.8 Å². The van der Waals surface area contributed by atoms with Gasteiger partial charge in [-0.15, -0.1) is 0 Å². The summed E-state index contributed by atoms with van der Waals surface area (Å²) in [6.07, 6.45) is 0. The molecule has 0 amide bonds. The SMILES string of the molecule is CCOC(=O)c1cc(NC(=S)N[C@@H](C)COc2ccccc2C)ccc1Cl. The highest BCUT2D eigenvalue weighted by Crippen LogP contribution is 2.21. The van der Waals surface area contributed by atoms with Gasteiger partial charge in [0.05, 0.1) is 23.2 Å². The maximum absolute atomic E-state index is 11.9. The molecule has 0 radical (unpaired) electrons. The molecule has 144 valence electrons. The van der Waals surface area contributed by atoms with E-state index in [1.165, 1.54) is 0 Å². The molecule has 0 bridgehead atoms. The summed E-state index contributed by atoms with van der Waals surface area (Å²) in [5.41, 5.74) is 2.02. The van der Waals surface area contributed by atoms with Crippen molar-refractivity contribution in [2.24, 2.45) is 0 Å². The predicted molar refractivity (Wildman–Crippen MR) is 113 cm³/mol. The van der Waals surface area contributed by atoms with Crippen molar-refractivity contribution in [2.45, 2.75) is 26.8 Å². The van der Waals surface area contributed by atoms with Crippen LogP contribution in [0.25, 0.3) is 0 Å². The lowest BCUT2D eigenvalue weighted by atomic mass is 10.2. The fraction of sp³-hybridized carbons (Fsp3) is 0.300. The molecule has 0 aliphatic heterocycles. The standard InChI is InChI=1S/C20H23ClN2O3S/c1-4-25-19(24)16-11-15(9-10-17(16)21)23-20(27)22-14(3)12-26-18-8-6-5-7-13(18)2/h5-11,14H,4,12H2,1-3H3,(H2,22,23,27)/t14-/m0/s1. The summed E-state index contributed by atoms with van der Waals surface area (Å²) in [6.45, 7) is 6.46. The predicted octanol–water partition coefficient (Wildman–Crippen LogP) is 4.58. The van der Waals surface area contributed by atoms with E-state index in [0.717, 1.165) is 11.3 Å². The highest BCUT2D eigenvalue weighted by Gasteiger charge is 2.13. The third kappa shape index (κ3) is 6.41. The Morgan fingerprint density at radius 1 is 1.26 bits per heavy atom. The van der Waals surface area contributed by atoms with Crippen LogP contribution >= 0.6 is 23.8 Å². The van der Waals surface area contributed by atoms with Crippen molar-refractivity contribution in [3.63, 3.8) is 0 Å². The van der Waals surface area contributed by atoms with Crippen molar-refractivity contribution in [3.05, 3.63) is 58.6 Å². The van der Waals surface area contributed by atoms with E-state index in [2.05, 4.69) is 10.6 Å². The van der Waals surface area contributed by atoms with Crippen LogP contribution in [0.5, 0.6) is 5.75 Å². The Bertz CT molecular complexity index is 814. The van der Waals surface area contributed by atoms with E-state index in [1.54, 1.807) is 25.1 Å². The van der Waals surface area contributed by atoms with Gasteiger partial charge in [-0.2, -0.15) is 0 Å². The van der Waals surface area contributed by atoms with E-state index in [1.807, 2.05) is 38.1 Å². The van der Waals surface area contributed by atoms with E-state index < -0.39 is 5.97 Å². The molecule has 0 saturated carbocycles. The number of ether oxygens (including phenoxy) is 2. The first kappa shape index (κ1) is 21.0. The Morgan fingerprint density at radius 2 is 2.00 bits per heavy atom. The maximum Gasteiger partial charge on any atom is 0.339 e. The monoisotopic (exact) mass is 406 g/mol. The zero-order valence-electron chi connectivity index (χ0n) is 15.5. The highest BCUT2D eigenvalue weighted by molar-refractivity contribution is 7.80. The molecule has 7 heteroatoms. The van der Waals surface area contributed by atoms with Gasteiger partial charge in [-0.25, -0.2) is 4.79 Å². The van der Waals surface area contributed by atoms with Crippen molar-refractivity contribution in [1.29, 1.82) is 0 Å². The summed E-state index contributed by atoms with van der Waals surface area (Å²) in [4.78, 5) is 11.9. The Balaban J connectivity index is 1.90. The quantitative estimate of drug-likeness (QED) is 0.518. The normalized spacial score (nSPS) is 11.4. The van der Waals surface area contributed by atoms with Crippen LogP contribution in [0.15, 0.2) is 42.5 Å². The zero-order chi connectivity index (χ0) is 19.8. The molecule has 0 heterocycles. The van der Waals surface area contributed by atoms with Crippen molar-refractivity contribution < 1.29 is 14.3 Å². The molecule has 27 heavy (non-hydrogen) atoms. The minimum atomic E-state index is -0.468. The van der Waals surface area contributed by atoms with Gasteiger partial charge in [-0.1, -0.05) is 29.8 Å². The van der Waals surface area contributed by atoms with Crippen LogP contribution in [0.3, 0.4) is 0 Å². The van der Waals surface area contributed by atoms with Gasteiger partial charge in [0, 0.05) is 5.69 Å². The van der Waals surface area contributed by atoms with Crippen molar-refractivity contribution in [1.82, 2.24) is 5.32 Å². The molecule has 0 aliphatic rings. The summed E-state index contributed by atoms with van der Waals surface area (Å²) >= 11 is 11.4. The molecule has 0 unspecified atom stereocenters. The molecule has 0 aromatic heterocycles. The Labute approximate surface area is 170 Å². The van der Waals surface area contributed by atoms with Crippen LogP contribution in [0, 0.1) is 6.92 Å². The second kappa shape index (κ2) is 10.1. The summed E-state index contributed by atoms with van der Waals surface area (Å²) in [7, 11) is 0. The number of thiocarbonyl (C=S) groups is 1. The summed E-state index contributed by atoms with van der Waals surface area (Å²) in [5, 5.41) is 6.95. The van der Waals surface area contributed by atoms with Crippen molar-refractivity contribution >= 4 is 40.6 Å². The Morgan fingerprint density at radius 3 is 2.70 bits per heavy atom. The number of hydrogen-bond acceptors (Lipinski definition) is 4. The van der Waals surface area contributed by atoms with Gasteiger partial charge in [0.2, 0.25) is 0 Å². The molecular formula is C20H23ClN2O3S. The van der Waals surface area contributed by atoms with Crippen LogP contribution in [-0.4, -0.2) is 30.3 Å². The number of rotatable bonds is 7. The van der Waals surface area contributed by atoms with Gasteiger partial charge in [0.25, 0.3) is 0 Å². The summed E-state index contributed by atoms with van der Waals surface area (Å²) in [6, 6.07) is 12.8. The second-order valence-electron chi connectivity index (χ2n) is 5.99. The number of nitrogens with one attached hydrogen (secondary N) is 2. The molecule has 0 fully saturated rings. The average molecular weight is 407 g/mol. The van der Waals surface area contributed by atoms with E-state index in [9.17, 15) is 4.79 Å². The molecule has 2 aromatic rings. The maximum atomic E-state index is 11.9. The van der Waals surface area contributed by atoms with E-state index in [4.69, 9.17) is 33.3 Å². The largest absolute Gasteiger partial charge is 0.491 e. The van der Waals surface area contributed by atoms with Gasteiger partial charge in [0.1, 0.15) is 12.4 Å². The number of aryl methyl sites for hydroxylation is 1. The topological polar surface area (TPSA) is 59.6 Å². The lowest BCUT2D eigenvalue weighted by molar-refractivity contribution is 0.0526. The number of carbonyl (C=O) groups excluding carboxylic acids is 1. The van der Waals surface area contributed by atoms with Crippen LogP contribution in [-0.2, 0) is 4.74 Å². The van der Waals surface area contributed by atoms with Crippen molar-refractivity contribution in [2.75, 3.05) is 18.5 Å². The summed E-state index contributed by atoms with van der Waals surface area (Å²) < 4.78 is 10.8.